The lowest BCUT2D eigenvalue weighted by Crippen LogP contribution is -2.47. The van der Waals surface area contributed by atoms with E-state index in [9.17, 15) is 39.3 Å². The Kier molecular flexibility index (Phi) is 14.4. The van der Waals surface area contributed by atoms with Crippen LogP contribution in [0.5, 0.6) is 11.5 Å². The van der Waals surface area contributed by atoms with Crippen molar-refractivity contribution in [1.29, 1.82) is 0 Å². The standard InChI is InChI=1S/C50H58N4O13/c1-25-12-11-13-26(2)48(61)53-38-39(54-17-20-64-21-18-54)44(59)35-36(43(38)58)42(57)30(6)46-37(35)47(60)50(7,67-46)65-19-16-34(63-8)27(3)45(29(5)41(56)28(4)40(25)55)66-49(62)52-24-31-22-32-14-9-10-15-33(32)51-23-31/h9-16,19,22-23,25,27-29,34,40-41,45,55-57H,17-18,20-21,24H2,1-8H3,(H,52,62)(H,53,61)/t25-,27+,28+,29+,34-,40-,41+,45+,50-/m0/s1. The Bertz CT molecular complexity index is 2600. The molecule has 5 bridgehead atoms. The third-order valence-corrected chi connectivity index (χ3v) is 13.3. The number of alkyl carbamates (subject to hydrolysis) is 1. The molecular weight excluding hydrogens is 865 g/mol. The maximum Gasteiger partial charge on any atom is 0.407 e. The molecule has 1 aliphatic carbocycles. The molecule has 3 aromatic rings. The van der Waals surface area contributed by atoms with E-state index >= 15 is 0 Å². The van der Waals surface area contributed by atoms with Crippen molar-refractivity contribution >= 4 is 40.3 Å². The summed E-state index contributed by atoms with van der Waals surface area (Å²) < 4.78 is 29.7. The number of aliphatic hydroxyl groups excluding tert-OH is 2. The number of benzene rings is 2. The van der Waals surface area contributed by atoms with Gasteiger partial charge < -0.3 is 54.5 Å². The maximum atomic E-state index is 14.8. The minimum atomic E-state index is -2.12. The fourth-order valence-corrected chi connectivity index (χ4v) is 9.13. The Balaban J connectivity index is 1.26. The average Bonchev–Trinajstić information content (AvgIpc) is 3.59. The molecule has 0 spiro atoms. The monoisotopic (exact) mass is 922 g/mol. The van der Waals surface area contributed by atoms with Crippen molar-refractivity contribution < 1.29 is 63.0 Å². The molecule has 9 atom stereocenters. The smallest absolute Gasteiger partial charge is 0.407 e. The number of nitrogens with zero attached hydrogens (tertiary/aromatic N) is 2. The summed E-state index contributed by atoms with van der Waals surface area (Å²) in [6.07, 6.45) is 3.96. The SMILES string of the molecule is CO[C@H]1C=CO[C@@]2(C)Oc3c(C)c(O)c4c(c3C2=O)C(=O)C(N2CCOCC2)=C(NC(=O)C(C)=CC=C[C@H](C)[C@H](O)[C@@H](C)[C@@H](O)[C@@H](C)[C@H](OC(=O)NCc2cnc3ccccc3c2)[C@@H]1C)C4=O. The number of carbonyl (C=O) groups is 5. The Morgan fingerprint density at radius 1 is 0.955 bits per heavy atom. The third kappa shape index (κ3) is 9.46. The van der Waals surface area contributed by atoms with Crippen LogP contribution in [-0.2, 0) is 30.3 Å². The van der Waals surface area contributed by atoms with E-state index in [1.54, 1.807) is 50.9 Å². The normalized spacial score (nSPS) is 28.5. The van der Waals surface area contributed by atoms with Gasteiger partial charge in [0.05, 0.1) is 60.0 Å². The van der Waals surface area contributed by atoms with Gasteiger partial charge in [0.25, 0.3) is 11.7 Å². The number of aromatic hydroxyl groups is 1. The van der Waals surface area contributed by atoms with Gasteiger partial charge in [-0.05, 0) is 37.6 Å². The molecule has 1 saturated heterocycles. The molecule has 2 aromatic carbocycles. The molecule has 5 N–H and O–H groups in total. The molecule has 8 rings (SSSR count). The van der Waals surface area contributed by atoms with Gasteiger partial charge in [0.1, 0.15) is 29.0 Å². The predicted octanol–water partition coefficient (Wildman–Crippen LogP) is 5.20. The lowest BCUT2D eigenvalue weighted by Gasteiger charge is -2.38. The van der Waals surface area contributed by atoms with Crippen LogP contribution in [0.2, 0.25) is 0 Å². The number of fused-ring (bicyclic) bond motifs is 15. The first-order valence-electron chi connectivity index (χ1n) is 22.4. The second kappa shape index (κ2) is 19.8. The quantitative estimate of drug-likeness (QED) is 0.221. The predicted molar refractivity (Wildman–Crippen MR) is 244 cm³/mol. The number of hydrogen-bond acceptors (Lipinski definition) is 15. The molecule has 4 aliphatic heterocycles. The number of allylic oxidation sites excluding steroid dienone is 4. The van der Waals surface area contributed by atoms with E-state index in [4.69, 9.17) is 23.7 Å². The number of aromatic nitrogens is 1. The second-order valence-electron chi connectivity index (χ2n) is 17.8. The number of morpholine rings is 1. The van der Waals surface area contributed by atoms with Crippen molar-refractivity contribution in [3.8, 4) is 11.5 Å². The molecule has 5 heterocycles. The van der Waals surface area contributed by atoms with Gasteiger partial charge in [-0.1, -0.05) is 64.1 Å². The number of phenols is 1. The molecule has 17 heteroatoms. The first kappa shape index (κ1) is 48.5. The largest absolute Gasteiger partial charge is 0.507 e. The van der Waals surface area contributed by atoms with Gasteiger partial charge >= 0.3 is 11.9 Å². The molecule has 0 unspecified atom stereocenters. The Labute approximate surface area is 388 Å². The highest BCUT2D eigenvalue weighted by atomic mass is 16.7. The van der Waals surface area contributed by atoms with E-state index in [2.05, 4.69) is 15.6 Å². The summed E-state index contributed by atoms with van der Waals surface area (Å²) in [5.74, 6) is -8.93. The van der Waals surface area contributed by atoms with Gasteiger partial charge in [-0.25, -0.2) is 4.79 Å². The summed E-state index contributed by atoms with van der Waals surface area (Å²) in [4.78, 5) is 77.4. The van der Waals surface area contributed by atoms with Gasteiger partial charge in [0.2, 0.25) is 11.6 Å². The highest BCUT2D eigenvalue weighted by Crippen LogP contribution is 2.49. The highest BCUT2D eigenvalue weighted by Gasteiger charge is 2.53. The summed E-state index contributed by atoms with van der Waals surface area (Å²) in [5.41, 5.74) is -0.0253. The Morgan fingerprint density at radius 2 is 1.67 bits per heavy atom. The summed E-state index contributed by atoms with van der Waals surface area (Å²) in [7, 11) is 1.42. The van der Waals surface area contributed by atoms with Crippen LogP contribution >= 0.6 is 0 Å². The summed E-state index contributed by atoms with van der Waals surface area (Å²) in [6, 6.07) is 9.48. The van der Waals surface area contributed by atoms with E-state index in [0.29, 0.717) is 0 Å². The minimum absolute atomic E-state index is 0.0107. The Morgan fingerprint density at radius 3 is 2.39 bits per heavy atom. The van der Waals surface area contributed by atoms with Gasteiger partial charge in [-0.15, -0.1) is 0 Å². The first-order valence-corrected chi connectivity index (χ1v) is 22.4. The van der Waals surface area contributed by atoms with Crippen molar-refractivity contribution in [1.82, 2.24) is 20.5 Å². The third-order valence-electron chi connectivity index (χ3n) is 13.3. The van der Waals surface area contributed by atoms with Crippen LogP contribution in [0.15, 0.2) is 84.1 Å². The van der Waals surface area contributed by atoms with Gasteiger partial charge in [-0.2, -0.15) is 0 Å². The summed E-state index contributed by atoms with van der Waals surface area (Å²) in [5, 5.41) is 41.3. The van der Waals surface area contributed by atoms with Crippen molar-refractivity contribution in [3.05, 3.63) is 112 Å². The maximum absolute atomic E-state index is 14.8. The molecule has 2 amide bonds. The van der Waals surface area contributed by atoms with Crippen molar-refractivity contribution in [2.24, 2.45) is 23.7 Å². The van der Waals surface area contributed by atoms with Crippen LogP contribution in [0.4, 0.5) is 4.79 Å². The van der Waals surface area contributed by atoms with Crippen LogP contribution in [-0.4, -0.2) is 118 Å². The number of rotatable bonds is 5. The lowest BCUT2D eigenvalue weighted by molar-refractivity contribution is -0.116. The van der Waals surface area contributed by atoms with Crippen LogP contribution < -0.4 is 15.4 Å². The van der Waals surface area contributed by atoms with Crippen LogP contribution in [0, 0.1) is 30.6 Å². The number of hydrogen-bond donors (Lipinski definition) is 5. The zero-order valence-electron chi connectivity index (χ0n) is 38.8. The summed E-state index contributed by atoms with van der Waals surface area (Å²) in [6.45, 7) is 12.0. The Hall–Kier alpha value is -6.40. The minimum Gasteiger partial charge on any atom is -0.507 e. The molecule has 1 fully saturated rings. The molecule has 1 aromatic heterocycles. The molecule has 0 saturated carbocycles. The summed E-state index contributed by atoms with van der Waals surface area (Å²) >= 11 is 0. The number of amides is 2. The van der Waals surface area contributed by atoms with Gasteiger partial charge in [-0.3, -0.25) is 24.2 Å². The topological polar surface area (TPSA) is 232 Å². The number of para-hydroxylation sites is 1. The number of pyridine rings is 1. The van der Waals surface area contributed by atoms with E-state index in [-0.39, 0.29) is 72.3 Å². The number of ether oxygens (including phenoxy) is 5. The number of Topliss-reactive ketones (excluding diaryl/α,β-unsaturated/α-hetero) is 3. The highest BCUT2D eigenvalue weighted by molar-refractivity contribution is 6.32. The number of methoxy groups -OCH3 is 1. The molecule has 17 nitrogen and oxygen atoms in total. The molecule has 5 aliphatic rings. The van der Waals surface area contributed by atoms with Crippen LogP contribution in [0.1, 0.15) is 83.7 Å². The number of phenolic OH excluding ortho intramolecular Hbond substituents is 1. The van der Waals surface area contributed by atoms with E-state index in [1.165, 1.54) is 46.3 Å². The van der Waals surface area contributed by atoms with Crippen molar-refractivity contribution in [2.45, 2.75) is 85.2 Å². The second-order valence-corrected chi connectivity index (χ2v) is 17.8. The number of nitrogens with one attached hydrogen (secondary N) is 2. The van der Waals surface area contributed by atoms with Crippen molar-refractivity contribution in [3.63, 3.8) is 0 Å². The molecule has 67 heavy (non-hydrogen) atoms. The number of ketones is 3. The molecule has 356 valence electrons. The van der Waals surface area contributed by atoms with E-state index < -0.39 is 94.5 Å². The molecular formula is C50H58N4O13. The fourth-order valence-electron chi connectivity index (χ4n) is 9.13. The number of aliphatic hydroxyl groups is 2. The van der Waals surface area contributed by atoms with E-state index in [0.717, 1.165) is 16.5 Å². The van der Waals surface area contributed by atoms with Crippen LogP contribution in [0.25, 0.3) is 10.9 Å². The zero-order chi connectivity index (χ0) is 48.5. The zero-order valence-corrected chi connectivity index (χ0v) is 38.8. The van der Waals surface area contributed by atoms with Crippen molar-refractivity contribution in [2.75, 3.05) is 33.4 Å². The van der Waals surface area contributed by atoms with Crippen LogP contribution in [0.3, 0.4) is 0 Å². The first-order chi connectivity index (χ1) is 31.9. The number of carbonyl (C=O) groups excluding carboxylic acids is 5. The fraction of sp³-hybridized carbons (Fsp3) is 0.440. The van der Waals surface area contributed by atoms with Gasteiger partial charge in [0.15, 0.2) is 0 Å². The van der Waals surface area contributed by atoms with E-state index in [1.807, 2.05) is 30.3 Å². The lowest BCUT2D eigenvalue weighted by atomic mass is 9.78. The average molecular weight is 923 g/mol. The van der Waals surface area contributed by atoms with Gasteiger partial charge in [0, 0.05) is 80.1 Å². The molecule has 0 radical (unpaired) electrons.